The number of carbonyl (C=O) groups is 1. The van der Waals surface area contributed by atoms with E-state index in [2.05, 4.69) is 52.6 Å². The Bertz CT molecular complexity index is 916. The fourth-order valence-corrected chi connectivity index (χ4v) is 3.82. The highest BCUT2D eigenvalue weighted by Gasteiger charge is 2.25. The lowest BCUT2D eigenvalue weighted by molar-refractivity contribution is -0.00834. The smallest absolute Gasteiger partial charge is 0.251 e. The molecule has 0 aliphatic carbocycles. The summed E-state index contributed by atoms with van der Waals surface area (Å²) in [5.74, 6) is 0.796. The Kier molecular flexibility index (Phi) is 9.77. The first-order valence-electron chi connectivity index (χ1n) is 10.5. The number of benzene rings is 2. The first-order valence-corrected chi connectivity index (χ1v) is 10.5. The van der Waals surface area contributed by atoms with Crippen LogP contribution in [0.5, 0.6) is 0 Å². The molecule has 1 fully saturated rings. The highest BCUT2D eigenvalue weighted by molar-refractivity contribution is 14.0. The molecule has 0 saturated carbocycles. The third-order valence-electron chi connectivity index (χ3n) is 5.33. The zero-order valence-electron chi connectivity index (χ0n) is 18.8. The van der Waals surface area contributed by atoms with E-state index in [0.29, 0.717) is 25.3 Å². The average Bonchev–Trinajstić information content (AvgIpc) is 2.75. The lowest BCUT2D eigenvalue weighted by Crippen LogP contribution is -2.48. The minimum atomic E-state index is -0.0479. The number of amides is 1. The minimum Gasteiger partial charge on any atom is -0.370 e. The Morgan fingerprint density at radius 1 is 1.19 bits per heavy atom. The normalized spacial score (nSPS) is 16.5. The Labute approximate surface area is 202 Å². The summed E-state index contributed by atoms with van der Waals surface area (Å²) in [7, 11) is 1.80. The number of rotatable bonds is 5. The summed E-state index contributed by atoms with van der Waals surface area (Å²) in [5, 5.41) is 6.28. The molecule has 6 nitrogen and oxygen atoms in total. The van der Waals surface area contributed by atoms with E-state index in [9.17, 15) is 4.79 Å². The third kappa shape index (κ3) is 6.67. The highest BCUT2D eigenvalue weighted by atomic mass is 127. The van der Waals surface area contributed by atoms with Crippen molar-refractivity contribution >= 4 is 35.8 Å². The number of halogens is 1. The van der Waals surface area contributed by atoms with Crippen molar-refractivity contribution in [1.82, 2.24) is 15.5 Å². The van der Waals surface area contributed by atoms with Crippen LogP contribution in [0, 0.1) is 13.8 Å². The molecule has 1 atom stereocenters. The van der Waals surface area contributed by atoms with E-state index in [1.807, 2.05) is 31.2 Å². The fraction of sp³-hybridized carbons (Fsp3) is 0.417. The molecule has 1 amide bonds. The number of hydrogen-bond donors (Lipinski definition) is 2. The Morgan fingerprint density at radius 2 is 2.00 bits per heavy atom. The van der Waals surface area contributed by atoms with E-state index in [0.717, 1.165) is 24.6 Å². The molecule has 0 radical (unpaired) electrons. The van der Waals surface area contributed by atoms with Crippen LogP contribution in [0.2, 0.25) is 0 Å². The quantitative estimate of drug-likeness (QED) is 0.347. The summed E-state index contributed by atoms with van der Waals surface area (Å²) >= 11 is 0. The Morgan fingerprint density at radius 3 is 2.71 bits per heavy atom. The molecular weight excluding hydrogens is 503 g/mol. The third-order valence-corrected chi connectivity index (χ3v) is 5.33. The number of carbonyl (C=O) groups excluding carboxylic acids is 1. The largest absolute Gasteiger partial charge is 0.370 e. The number of morpholine rings is 1. The summed E-state index contributed by atoms with van der Waals surface area (Å²) in [5.41, 5.74) is 5.46. The Balaban J connectivity index is 0.00000341. The second-order valence-corrected chi connectivity index (χ2v) is 7.63. The van der Waals surface area contributed by atoms with Gasteiger partial charge in [0.1, 0.15) is 6.10 Å². The molecule has 2 aromatic rings. The van der Waals surface area contributed by atoms with Crippen LogP contribution in [0.15, 0.2) is 47.5 Å². The maximum atomic E-state index is 12.1. The second kappa shape index (κ2) is 12.0. The predicted octanol–water partition coefficient (Wildman–Crippen LogP) is 3.82. The van der Waals surface area contributed by atoms with Gasteiger partial charge >= 0.3 is 0 Å². The summed E-state index contributed by atoms with van der Waals surface area (Å²) < 4.78 is 6.07. The SMILES string of the molecule is CCNC(=O)c1cccc(CNC(=NC)N2CCOC(c3ccc(C)cc3C)C2)c1.I. The molecule has 1 saturated heterocycles. The molecule has 0 spiro atoms. The molecule has 1 unspecified atom stereocenters. The van der Waals surface area contributed by atoms with Gasteiger partial charge in [-0.1, -0.05) is 35.9 Å². The average molecular weight is 536 g/mol. The van der Waals surface area contributed by atoms with E-state index in [1.165, 1.54) is 16.7 Å². The summed E-state index contributed by atoms with van der Waals surface area (Å²) in [6, 6.07) is 14.2. The van der Waals surface area contributed by atoms with Crippen molar-refractivity contribution in [3.05, 3.63) is 70.3 Å². The number of ether oxygens (including phenoxy) is 1. The Hall–Kier alpha value is -2.13. The summed E-state index contributed by atoms with van der Waals surface area (Å²) in [4.78, 5) is 18.8. The van der Waals surface area contributed by atoms with Crippen molar-refractivity contribution < 1.29 is 9.53 Å². The number of nitrogens with one attached hydrogen (secondary N) is 2. The van der Waals surface area contributed by atoms with Gasteiger partial charge in [-0.15, -0.1) is 24.0 Å². The molecule has 168 valence electrons. The van der Waals surface area contributed by atoms with Gasteiger partial charge in [-0.3, -0.25) is 9.79 Å². The standard InChI is InChI=1S/C24H32N4O2.HI/c1-5-26-23(29)20-8-6-7-19(14-20)15-27-24(25-4)28-11-12-30-22(16-28)21-10-9-17(2)13-18(21)3;/h6-10,13-14,22H,5,11-12,15-16H2,1-4H3,(H,25,27)(H,26,29);1H. The fourth-order valence-electron chi connectivity index (χ4n) is 3.82. The monoisotopic (exact) mass is 536 g/mol. The van der Waals surface area contributed by atoms with Gasteiger partial charge in [-0.2, -0.15) is 0 Å². The molecular formula is C24H33IN4O2. The number of guanidine groups is 1. The molecule has 31 heavy (non-hydrogen) atoms. The van der Waals surface area contributed by atoms with Crippen molar-refractivity contribution in [2.24, 2.45) is 4.99 Å². The molecule has 0 bridgehead atoms. The first kappa shape index (κ1) is 25.1. The van der Waals surface area contributed by atoms with Gasteiger partial charge in [-0.05, 0) is 49.6 Å². The number of nitrogens with zero attached hydrogens (tertiary/aromatic N) is 2. The van der Waals surface area contributed by atoms with Gasteiger partial charge in [0.2, 0.25) is 0 Å². The van der Waals surface area contributed by atoms with Crippen molar-refractivity contribution in [3.63, 3.8) is 0 Å². The van der Waals surface area contributed by atoms with E-state index < -0.39 is 0 Å². The first-order chi connectivity index (χ1) is 14.5. The topological polar surface area (TPSA) is 66.0 Å². The molecule has 0 aromatic heterocycles. The van der Waals surface area contributed by atoms with E-state index in [-0.39, 0.29) is 36.0 Å². The van der Waals surface area contributed by atoms with Gasteiger partial charge < -0.3 is 20.3 Å². The van der Waals surface area contributed by atoms with Crippen LogP contribution < -0.4 is 10.6 Å². The number of aryl methyl sites for hydroxylation is 2. The summed E-state index contributed by atoms with van der Waals surface area (Å²) in [6.45, 7) is 9.59. The van der Waals surface area contributed by atoms with Gasteiger partial charge in [0.15, 0.2) is 5.96 Å². The number of aliphatic imine (C=N–C) groups is 1. The summed E-state index contributed by atoms with van der Waals surface area (Å²) in [6.07, 6.45) is 0.0268. The predicted molar refractivity (Wildman–Crippen MR) is 136 cm³/mol. The van der Waals surface area contributed by atoms with Crippen LogP contribution in [-0.2, 0) is 11.3 Å². The van der Waals surface area contributed by atoms with Crippen LogP contribution in [0.3, 0.4) is 0 Å². The molecule has 1 aliphatic heterocycles. The maximum Gasteiger partial charge on any atom is 0.251 e. The highest BCUT2D eigenvalue weighted by Crippen LogP contribution is 2.26. The molecule has 2 aromatic carbocycles. The minimum absolute atomic E-state index is 0. The second-order valence-electron chi connectivity index (χ2n) is 7.63. The van der Waals surface area contributed by atoms with Gasteiger partial charge in [-0.25, -0.2) is 0 Å². The van der Waals surface area contributed by atoms with Crippen molar-refractivity contribution in [3.8, 4) is 0 Å². The lowest BCUT2D eigenvalue weighted by Gasteiger charge is -2.36. The lowest BCUT2D eigenvalue weighted by atomic mass is 10.00. The van der Waals surface area contributed by atoms with Crippen LogP contribution in [0.25, 0.3) is 0 Å². The van der Waals surface area contributed by atoms with Crippen molar-refractivity contribution in [1.29, 1.82) is 0 Å². The van der Waals surface area contributed by atoms with Gasteiger partial charge in [0, 0.05) is 32.2 Å². The van der Waals surface area contributed by atoms with Gasteiger partial charge in [0.25, 0.3) is 5.91 Å². The maximum absolute atomic E-state index is 12.1. The molecule has 7 heteroatoms. The van der Waals surface area contributed by atoms with Crippen LogP contribution in [0.4, 0.5) is 0 Å². The van der Waals surface area contributed by atoms with E-state index in [4.69, 9.17) is 4.74 Å². The van der Waals surface area contributed by atoms with Crippen LogP contribution in [-0.4, -0.2) is 50.1 Å². The molecule has 1 heterocycles. The van der Waals surface area contributed by atoms with Crippen LogP contribution >= 0.6 is 24.0 Å². The van der Waals surface area contributed by atoms with E-state index >= 15 is 0 Å². The zero-order chi connectivity index (χ0) is 21.5. The van der Waals surface area contributed by atoms with Crippen LogP contribution in [0.1, 0.15) is 45.6 Å². The number of hydrogen-bond acceptors (Lipinski definition) is 3. The molecule has 3 rings (SSSR count). The van der Waals surface area contributed by atoms with E-state index in [1.54, 1.807) is 7.05 Å². The molecule has 2 N–H and O–H groups in total. The van der Waals surface area contributed by atoms with Crippen molar-refractivity contribution in [2.45, 2.75) is 33.4 Å². The van der Waals surface area contributed by atoms with Crippen molar-refractivity contribution in [2.75, 3.05) is 33.3 Å². The zero-order valence-corrected chi connectivity index (χ0v) is 21.1. The van der Waals surface area contributed by atoms with Gasteiger partial charge in [0.05, 0.1) is 13.2 Å². The molecule has 1 aliphatic rings.